The average Bonchev–Trinajstić information content (AvgIpc) is 3.05. The van der Waals surface area contributed by atoms with Gasteiger partial charge in [-0.25, -0.2) is 14.4 Å². The van der Waals surface area contributed by atoms with Crippen LogP contribution >= 0.6 is 11.6 Å². The molecule has 2 aliphatic heterocycles. The maximum absolute atomic E-state index is 14.8. The Morgan fingerprint density at radius 2 is 2.00 bits per heavy atom. The van der Waals surface area contributed by atoms with E-state index in [0.717, 1.165) is 10.9 Å². The van der Waals surface area contributed by atoms with Gasteiger partial charge in [-0.05, 0) is 36.1 Å². The summed E-state index contributed by atoms with van der Waals surface area (Å²) in [7, 11) is 0. The van der Waals surface area contributed by atoms with Crippen LogP contribution in [0.2, 0.25) is 0 Å². The summed E-state index contributed by atoms with van der Waals surface area (Å²) in [4.78, 5) is 21.9. The molecule has 2 aliphatic rings. The lowest BCUT2D eigenvalue weighted by atomic mass is 10.0. The summed E-state index contributed by atoms with van der Waals surface area (Å²) in [5.41, 5.74) is 7.24. The third-order valence-corrected chi connectivity index (χ3v) is 5.89. The standard InChI is InChI=1S/C22H18ClFN6O/c1-12-5-4-6-13-9-14(10-29-21-18(19(23)28-29)20(25)26-11-27-21)30(22(31)17(12)13)16-8-3-2-7-15(16)24/h2-9,11,18,21H,10H2,1H3,(H2,25,26,27). The minimum atomic E-state index is -0.494. The van der Waals surface area contributed by atoms with E-state index in [4.69, 9.17) is 17.3 Å². The quantitative estimate of drug-likeness (QED) is 0.684. The fourth-order valence-corrected chi connectivity index (χ4v) is 4.44. The van der Waals surface area contributed by atoms with Crippen molar-refractivity contribution in [1.82, 2.24) is 9.58 Å². The zero-order valence-corrected chi connectivity index (χ0v) is 17.3. The fraction of sp³-hybridized carbons (Fsp3) is 0.182. The van der Waals surface area contributed by atoms with Gasteiger partial charge in [-0.3, -0.25) is 14.4 Å². The fourth-order valence-electron chi connectivity index (χ4n) is 4.12. The monoisotopic (exact) mass is 436 g/mol. The second kappa shape index (κ2) is 7.31. The Bertz CT molecular complexity index is 1360. The molecule has 0 aliphatic carbocycles. The number of hydrogen-bond donors (Lipinski definition) is 1. The van der Waals surface area contributed by atoms with Gasteiger partial charge in [0.1, 0.15) is 29.1 Å². The number of pyridine rings is 1. The highest BCUT2D eigenvalue weighted by Gasteiger charge is 2.40. The van der Waals surface area contributed by atoms with E-state index in [-0.39, 0.29) is 23.0 Å². The van der Waals surface area contributed by atoms with Crippen LogP contribution in [0.4, 0.5) is 4.39 Å². The first-order valence-electron chi connectivity index (χ1n) is 9.70. The van der Waals surface area contributed by atoms with Crippen molar-refractivity contribution in [1.29, 1.82) is 0 Å². The SMILES string of the molecule is Cc1cccc2cc(CN3N=C(Cl)C4C(N)=NC=NC43)n(-c3ccccc3F)c(=O)c12. The number of aromatic nitrogens is 1. The summed E-state index contributed by atoms with van der Waals surface area (Å²) in [6, 6.07) is 13.7. The van der Waals surface area contributed by atoms with Crippen LogP contribution < -0.4 is 11.3 Å². The van der Waals surface area contributed by atoms with Crippen molar-refractivity contribution in [3.05, 3.63) is 76.0 Å². The number of benzene rings is 2. The number of halogens is 2. The predicted molar refractivity (Wildman–Crippen MR) is 120 cm³/mol. The van der Waals surface area contributed by atoms with E-state index in [2.05, 4.69) is 15.1 Å². The summed E-state index contributed by atoms with van der Waals surface area (Å²) in [5.74, 6) is -0.605. The topological polar surface area (TPSA) is 88.3 Å². The molecule has 9 heteroatoms. The molecule has 0 radical (unpaired) electrons. The first kappa shape index (κ1) is 19.4. The van der Waals surface area contributed by atoms with Crippen molar-refractivity contribution in [2.24, 2.45) is 26.7 Å². The largest absolute Gasteiger partial charge is 0.386 e. The van der Waals surface area contributed by atoms with Gasteiger partial charge < -0.3 is 5.73 Å². The summed E-state index contributed by atoms with van der Waals surface area (Å²) in [6.45, 7) is 2.04. The van der Waals surface area contributed by atoms with Gasteiger partial charge >= 0.3 is 0 Å². The number of fused-ring (bicyclic) bond motifs is 2. The highest BCUT2D eigenvalue weighted by Crippen LogP contribution is 2.30. The van der Waals surface area contributed by atoms with Gasteiger partial charge in [0.05, 0.1) is 17.6 Å². The van der Waals surface area contributed by atoms with Crippen LogP contribution in [0.3, 0.4) is 0 Å². The molecule has 0 bridgehead atoms. The van der Waals surface area contributed by atoms with Crippen molar-refractivity contribution in [3.8, 4) is 5.69 Å². The molecule has 7 nitrogen and oxygen atoms in total. The molecule has 5 rings (SSSR count). The number of hydrogen-bond acceptors (Lipinski definition) is 6. The van der Waals surface area contributed by atoms with E-state index in [1.54, 1.807) is 23.2 Å². The van der Waals surface area contributed by atoms with Crippen molar-refractivity contribution in [2.75, 3.05) is 0 Å². The molecule has 0 saturated heterocycles. The molecule has 0 saturated carbocycles. The van der Waals surface area contributed by atoms with Crippen LogP contribution in [-0.4, -0.2) is 33.1 Å². The third kappa shape index (κ3) is 3.11. The van der Waals surface area contributed by atoms with Crippen molar-refractivity contribution >= 4 is 39.7 Å². The lowest BCUT2D eigenvalue weighted by Gasteiger charge is -2.26. The highest BCUT2D eigenvalue weighted by molar-refractivity contribution is 6.68. The van der Waals surface area contributed by atoms with Crippen LogP contribution in [0.5, 0.6) is 0 Å². The van der Waals surface area contributed by atoms with E-state index in [0.29, 0.717) is 16.9 Å². The first-order valence-corrected chi connectivity index (χ1v) is 10.1. The Hall–Kier alpha value is -3.52. The van der Waals surface area contributed by atoms with Crippen molar-refractivity contribution in [2.45, 2.75) is 19.6 Å². The lowest BCUT2D eigenvalue weighted by molar-refractivity contribution is 0.210. The van der Waals surface area contributed by atoms with Crippen LogP contribution in [0.25, 0.3) is 16.5 Å². The summed E-state index contributed by atoms with van der Waals surface area (Å²) in [5, 5.41) is 7.64. The van der Waals surface area contributed by atoms with Crippen LogP contribution in [0.1, 0.15) is 11.3 Å². The van der Waals surface area contributed by atoms with Gasteiger partial charge in [-0.2, -0.15) is 5.10 Å². The van der Waals surface area contributed by atoms with Gasteiger partial charge in [-0.1, -0.05) is 41.9 Å². The Balaban J connectivity index is 1.70. The second-order valence-corrected chi connectivity index (χ2v) is 7.88. The normalized spacial score (nSPS) is 20.0. The molecule has 2 N–H and O–H groups in total. The van der Waals surface area contributed by atoms with E-state index < -0.39 is 17.9 Å². The average molecular weight is 437 g/mol. The van der Waals surface area contributed by atoms with Crippen molar-refractivity contribution in [3.63, 3.8) is 0 Å². The number of rotatable bonds is 3. The molecule has 3 aromatic rings. The number of nitrogens with two attached hydrogens (primary N) is 1. The Kier molecular flexibility index (Phi) is 4.59. The number of aryl methyl sites for hydroxylation is 1. The van der Waals surface area contributed by atoms with Gasteiger partial charge in [0.25, 0.3) is 5.56 Å². The minimum absolute atomic E-state index is 0.173. The molecule has 2 aromatic carbocycles. The Morgan fingerprint density at radius 1 is 1.19 bits per heavy atom. The van der Waals surface area contributed by atoms with E-state index in [1.165, 1.54) is 17.0 Å². The third-order valence-electron chi connectivity index (χ3n) is 5.58. The van der Waals surface area contributed by atoms with Gasteiger partial charge in [0.2, 0.25) is 0 Å². The zero-order valence-electron chi connectivity index (χ0n) is 16.5. The van der Waals surface area contributed by atoms with E-state index >= 15 is 0 Å². The van der Waals surface area contributed by atoms with Gasteiger partial charge in [-0.15, -0.1) is 0 Å². The van der Waals surface area contributed by atoms with Crippen molar-refractivity contribution < 1.29 is 4.39 Å². The molecule has 0 spiro atoms. The number of hydrazone groups is 1. The minimum Gasteiger partial charge on any atom is -0.386 e. The number of amidine groups is 1. The van der Waals surface area contributed by atoms with Gasteiger partial charge in [0.15, 0.2) is 6.17 Å². The molecule has 2 unspecified atom stereocenters. The first-order chi connectivity index (χ1) is 15.0. The zero-order chi connectivity index (χ0) is 21.7. The number of aliphatic imine (C=N–C) groups is 2. The van der Waals surface area contributed by atoms with Crippen LogP contribution in [0, 0.1) is 18.7 Å². The molecule has 1 aromatic heterocycles. The summed E-state index contributed by atoms with van der Waals surface area (Å²) in [6.07, 6.45) is 0.907. The number of nitrogens with zero attached hydrogens (tertiary/aromatic N) is 5. The molecular weight excluding hydrogens is 419 g/mol. The van der Waals surface area contributed by atoms with E-state index in [9.17, 15) is 9.18 Å². The Labute approximate surface area is 182 Å². The summed E-state index contributed by atoms with van der Waals surface area (Å²) < 4.78 is 16.1. The maximum Gasteiger partial charge on any atom is 0.263 e. The lowest BCUT2D eigenvalue weighted by Crippen LogP contribution is -2.41. The molecule has 2 atom stereocenters. The maximum atomic E-state index is 14.8. The molecule has 156 valence electrons. The highest BCUT2D eigenvalue weighted by atomic mass is 35.5. The molecule has 0 fully saturated rings. The van der Waals surface area contributed by atoms with Crippen LogP contribution in [-0.2, 0) is 6.54 Å². The summed E-state index contributed by atoms with van der Waals surface area (Å²) >= 11 is 6.32. The predicted octanol–water partition coefficient (Wildman–Crippen LogP) is 3.15. The smallest absolute Gasteiger partial charge is 0.263 e. The van der Waals surface area contributed by atoms with E-state index in [1.807, 2.05) is 31.2 Å². The second-order valence-electron chi connectivity index (χ2n) is 7.50. The molecule has 0 amide bonds. The van der Waals surface area contributed by atoms with Gasteiger partial charge in [0, 0.05) is 5.69 Å². The molecular formula is C22H18ClFN6O. The van der Waals surface area contributed by atoms with Crippen LogP contribution in [0.15, 0.2) is 68.4 Å². The Morgan fingerprint density at radius 3 is 2.81 bits per heavy atom. The molecule has 31 heavy (non-hydrogen) atoms. The number of para-hydroxylation sites is 1. The molecule has 3 heterocycles.